The largest absolute Gasteiger partial charge is 0.365 e. The first-order chi connectivity index (χ1) is 11.5. The number of benzene rings is 1. The lowest BCUT2D eigenvalue weighted by Crippen LogP contribution is -2.42. The molecule has 1 aliphatic rings. The van der Waals surface area contributed by atoms with Gasteiger partial charge in [0.25, 0.3) is 5.91 Å². The first kappa shape index (κ1) is 16.1. The molecule has 0 saturated heterocycles. The summed E-state index contributed by atoms with van der Waals surface area (Å²) in [4.78, 5) is 11.8. The van der Waals surface area contributed by atoms with Crippen LogP contribution in [0, 0.1) is 17.2 Å². The molecule has 2 aromatic rings. The van der Waals surface area contributed by atoms with E-state index in [2.05, 4.69) is 16.5 Å². The lowest BCUT2D eigenvalue weighted by molar-refractivity contribution is 0.0982. The smallest absolute Gasteiger partial charge is 0.254 e. The summed E-state index contributed by atoms with van der Waals surface area (Å²) >= 11 is 0. The van der Waals surface area contributed by atoms with Crippen LogP contribution in [0.1, 0.15) is 43.0 Å². The maximum Gasteiger partial charge on any atom is 0.254 e. The Labute approximate surface area is 141 Å². The molecule has 24 heavy (non-hydrogen) atoms. The fraction of sp³-hybridized carbons (Fsp3) is 0.389. The number of hydrogen-bond acceptors (Lipinski definition) is 4. The third-order valence-electron chi connectivity index (χ3n) is 4.96. The van der Waals surface area contributed by atoms with E-state index in [1.54, 1.807) is 10.9 Å². The van der Waals surface area contributed by atoms with Gasteiger partial charge in [0, 0.05) is 11.9 Å². The second kappa shape index (κ2) is 6.36. The highest BCUT2D eigenvalue weighted by Crippen LogP contribution is 2.43. The molecule has 1 aliphatic carbocycles. The van der Waals surface area contributed by atoms with Gasteiger partial charge in [0.05, 0.1) is 18.0 Å². The number of nitriles is 1. The van der Waals surface area contributed by atoms with Crippen molar-refractivity contribution >= 4 is 17.4 Å². The van der Waals surface area contributed by atoms with Gasteiger partial charge in [-0.25, -0.2) is 0 Å². The number of amides is 1. The van der Waals surface area contributed by atoms with E-state index in [9.17, 15) is 10.1 Å². The molecule has 0 aliphatic heterocycles. The molecule has 0 radical (unpaired) electrons. The summed E-state index contributed by atoms with van der Waals surface area (Å²) < 4.78 is 1.76. The van der Waals surface area contributed by atoms with Crippen LogP contribution in [0.5, 0.6) is 0 Å². The zero-order valence-corrected chi connectivity index (χ0v) is 13.7. The molecule has 1 amide bonds. The molecular formula is C18H21N5O. The van der Waals surface area contributed by atoms with Gasteiger partial charge in [-0.15, -0.1) is 0 Å². The van der Waals surface area contributed by atoms with Crippen LogP contribution >= 0.6 is 0 Å². The first-order valence-corrected chi connectivity index (χ1v) is 8.13. The molecule has 1 saturated carbocycles. The number of primary amides is 1. The monoisotopic (exact) mass is 323 g/mol. The Hall–Kier alpha value is -2.81. The lowest BCUT2D eigenvalue weighted by atomic mass is 9.70. The fourth-order valence-corrected chi connectivity index (χ4v) is 3.17. The Balaban J connectivity index is 1.98. The predicted molar refractivity (Wildman–Crippen MR) is 91.7 cm³/mol. The molecule has 124 valence electrons. The normalized spacial score (nSPS) is 16.7. The van der Waals surface area contributed by atoms with Gasteiger partial charge in [-0.05, 0) is 37.8 Å². The van der Waals surface area contributed by atoms with E-state index in [1.807, 2.05) is 37.3 Å². The van der Waals surface area contributed by atoms with Gasteiger partial charge in [0.2, 0.25) is 0 Å². The van der Waals surface area contributed by atoms with Crippen LogP contribution in [0.4, 0.5) is 11.5 Å². The maximum atomic E-state index is 11.8. The molecule has 3 rings (SSSR count). The van der Waals surface area contributed by atoms with E-state index in [0.717, 1.165) is 18.5 Å². The van der Waals surface area contributed by atoms with Gasteiger partial charge < -0.3 is 11.1 Å². The van der Waals surface area contributed by atoms with E-state index >= 15 is 0 Å². The minimum absolute atomic E-state index is 0.336. The highest BCUT2D eigenvalue weighted by Gasteiger charge is 2.41. The fourth-order valence-electron chi connectivity index (χ4n) is 3.17. The van der Waals surface area contributed by atoms with E-state index in [4.69, 9.17) is 5.73 Å². The van der Waals surface area contributed by atoms with Crippen LogP contribution in [-0.4, -0.2) is 15.7 Å². The van der Waals surface area contributed by atoms with Crippen molar-refractivity contribution in [1.82, 2.24) is 9.78 Å². The average molecular weight is 323 g/mol. The highest BCUT2D eigenvalue weighted by molar-refractivity contribution is 5.98. The zero-order chi connectivity index (χ0) is 17.2. The first-order valence-electron chi connectivity index (χ1n) is 8.13. The van der Waals surface area contributed by atoms with E-state index in [1.165, 1.54) is 6.42 Å². The number of carbonyl (C=O) groups is 1. The number of hydrogen-bond donors (Lipinski definition) is 2. The SMILES string of the molecule is CC(CC#N)(C1CCC1)n1cc(C(N)=O)c(Nc2ccccc2)n1. The van der Waals surface area contributed by atoms with E-state index in [0.29, 0.717) is 23.7 Å². The maximum absolute atomic E-state index is 11.8. The van der Waals surface area contributed by atoms with Crippen molar-refractivity contribution in [3.63, 3.8) is 0 Å². The zero-order valence-electron chi connectivity index (χ0n) is 13.7. The summed E-state index contributed by atoms with van der Waals surface area (Å²) in [6.45, 7) is 2.03. The van der Waals surface area contributed by atoms with Crippen LogP contribution in [-0.2, 0) is 5.54 Å². The lowest BCUT2D eigenvalue weighted by Gasteiger charge is -2.41. The van der Waals surface area contributed by atoms with Crippen molar-refractivity contribution in [3.8, 4) is 6.07 Å². The van der Waals surface area contributed by atoms with Crippen molar-refractivity contribution in [3.05, 3.63) is 42.1 Å². The van der Waals surface area contributed by atoms with Crippen molar-refractivity contribution < 1.29 is 4.79 Å². The third kappa shape index (κ3) is 2.85. The highest BCUT2D eigenvalue weighted by atomic mass is 16.1. The topological polar surface area (TPSA) is 96.7 Å². The Morgan fingerprint density at radius 2 is 2.17 bits per heavy atom. The van der Waals surface area contributed by atoms with E-state index in [-0.39, 0.29) is 0 Å². The van der Waals surface area contributed by atoms with Gasteiger partial charge >= 0.3 is 0 Å². The number of para-hydroxylation sites is 1. The number of nitrogens with two attached hydrogens (primary N) is 1. The predicted octanol–water partition coefficient (Wildman–Crippen LogP) is 3.15. The van der Waals surface area contributed by atoms with Gasteiger partial charge in [-0.3, -0.25) is 9.48 Å². The molecule has 1 aromatic carbocycles. The molecule has 1 atom stereocenters. The van der Waals surface area contributed by atoms with Gasteiger partial charge in [0.1, 0.15) is 5.56 Å². The molecule has 0 bridgehead atoms. The van der Waals surface area contributed by atoms with Crippen molar-refractivity contribution in [1.29, 1.82) is 5.26 Å². The second-order valence-corrected chi connectivity index (χ2v) is 6.51. The van der Waals surface area contributed by atoms with E-state index < -0.39 is 11.4 Å². The molecule has 1 unspecified atom stereocenters. The van der Waals surface area contributed by atoms with Gasteiger partial charge in [0.15, 0.2) is 5.82 Å². The Morgan fingerprint density at radius 1 is 1.46 bits per heavy atom. The quantitative estimate of drug-likeness (QED) is 0.853. The summed E-state index contributed by atoms with van der Waals surface area (Å²) in [7, 11) is 0. The summed E-state index contributed by atoms with van der Waals surface area (Å²) in [5, 5.41) is 17.0. The molecule has 1 fully saturated rings. The standard InChI is InChI=1S/C18H21N5O/c1-18(10-11-19,13-6-5-7-13)23-12-15(16(20)24)17(22-23)21-14-8-3-2-4-9-14/h2-4,8-9,12-13H,5-7,10H2,1H3,(H2,20,24)(H,21,22). The van der Waals surface area contributed by atoms with Crippen LogP contribution < -0.4 is 11.1 Å². The van der Waals surface area contributed by atoms with Gasteiger partial charge in [-0.1, -0.05) is 24.6 Å². The summed E-state index contributed by atoms with van der Waals surface area (Å²) in [6.07, 6.45) is 5.34. The van der Waals surface area contributed by atoms with Gasteiger partial charge in [-0.2, -0.15) is 10.4 Å². The minimum Gasteiger partial charge on any atom is -0.365 e. The Morgan fingerprint density at radius 3 is 2.71 bits per heavy atom. The number of anilines is 2. The number of aromatic nitrogens is 2. The molecule has 3 N–H and O–H groups in total. The van der Waals surface area contributed by atoms with Crippen LogP contribution in [0.25, 0.3) is 0 Å². The number of nitrogens with one attached hydrogen (secondary N) is 1. The summed E-state index contributed by atoms with van der Waals surface area (Å²) in [6, 6.07) is 11.8. The van der Waals surface area contributed by atoms with Crippen molar-refractivity contribution in [2.75, 3.05) is 5.32 Å². The summed E-state index contributed by atoms with van der Waals surface area (Å²) in [5.41, 5.74) is 6.27. The van der Waals surface area contributed by atoms with Crippen molar-refractivity contribution in [2.24, 2.45) is 11.7 Å². The molecule has 0 spiro atoms. The molecule has 1 aromatic heterocycles. The Bertz CT molecular complexity index is 772. The molecular weight excluding hydrogens is 302 g/mol. The second-order valence-electron chi connectivity index (χ2n) is 6.51. The minimum atomic E-state index is -0.535. The average Bonchev–Trinajstić information content (AvgIpc) is 2.91. The Kier molecular flexibility index (Phi) is 4.26. The molecule has 1 heterocycles. The van der Waals surface area contributed by atoms with Crippen LogP contribution in [0.3, 0.4) is 0 Å². The molecule has 6 nitrogen and oxygen atoms in total. The number of carbonyl (C=O) groups excluding carboxylic acids is 1. The van der Waals surface area contributed by atoms with Crippen LogP contribution in [0.15, 0.2) is 36.5 Å². The number of rotatable bonds is 6. The van der Waals surface area contributed by atoms with Crippen molar-refractivity contribution in [2.45, 2.75) is 38.1 Å². The van der Waals surface area contributed by atoms with Crippen LogP contribution in [0.2, 0.25) is 0 Å². The summed E-state index contributed by atoms with van der Waals surface area (Å²) in [5.74, 6) is 0.284. The third-order valence-corrected chi connectivity index (χ3v) is 4.96. The number of nitrogens with zero attached hydrogens (tertiary/aromatic N) is 3. The molecule has 6 heteroatoms.